The lowest BCUT2D eigenvalue weighted by Gasteiger charge is -2.30. The van der Waals surface area contributed by atoms with Crippen LogP contribution < -0.4 is 9.13 Å². The molecule has 2 aliphatic rings. The summed E-state index contributed by atoms with van der Waals surface area (Å²) in [6.45, 7) is 0. The summed E-state index contributed by atoms with van der Waals surface area (Å²) in [5.41, 5.74) is 10.5. The van der Waals surface area contributed by atoms with Crippen LogP contribution >= 0.6 is 0 Å². The fourth-order valence-corrected chi connectivity index (χ4v) is 6.12. The van der Waals surface area contributed by atoms with Crippen molar-refractivity contribution in [2.75, 3.05) is 0 Å². The van der Waals surface area contributed by atoms with Gasteiger partial charge in [-0.05, 0) is 53.5 Å². The van der Waals surface area contributed by atoms with E-state index in [0.717, 1.165) is 12.8 Å². The number of benzene rings is 3. The van der Waals surface area contributed by atoms with E-state index in [-0.39, 0.29) is 0 Å². The Hall–Kier alpha value is -4.30. The zero-order chi connectivity index (χ0) is 23.9. The molecule has 0 N–H and O–H groups in total. The standard InChI is InChI=1S/C34H28N2/c1-2-11-25(12-3-1)27-19-20-32-28-14-5-4-13-26(28)23-34-31(17-10-21-35(32)24-27)29-15-6-7-16-30(29)33-18-8-9-22-36(33)34/h1-16,18-22,24,31,34H,17,23H2/q+2. The zero-order valence-electron chi connectivity index (χ0n) is 20.2. The van der Waals surface area contributed by atoms with E-state index in [2.05, 4.69) is 143 Å². The quantitative estimate of drug-likeness (QED) is 0.236. The number of aromatic nitrogens is 2. The molecule has 36 heavy (non-hydrogen) atoms. The fourth-order valence-electron chi connectivity index (χ4n) is 6.12. The number of fused-ring (bicyclic) bond motifs is 9. The van der Waals surface area contributed by atoms with E-state index in [1.807, 2.05) is 0 Å². The highest BCUT2D eigenvalue weighted by molar-refractivity contribution is 5.68. The van der Waals surface area contributed by atoms with E-state index in [1.165, 1.54) is 44.8 Å². The number of allylic oxidation sites excluding steroid dienone is 1. The molecule has 0 aliphatic carbocycles. The molecule has 3 aromatic carbocycles. The second-order valence-corrected chi connectivity index (χ2v) is 9.81. The Morgan fingerprint density at radius 2 is 1.39 bits per heavy atom. The summed E-state index contributed by atoms with van der Waals surface area (Å²) < 4.78 is 4.84. The molecule has 0 bridgehead atoms. The molecule has 4 heterocycles. The van der Waals surface area contributed by atoms with Crippen molar-refractivity contribution in [1.82, 2.24) is 0 Å². The number of rotatable bonds is 1. The van der Waals surface area contributed by atoms with Crippen molar-refractivity contribution in [2.24, 2.45) is 0 Å². The van der Waals surface area contributed by atoms with Gasteiger partial charge in [0.15, 0.2) is 24.6 Å². The minimum Gasteiger partial charge on any atom is -0.195 e. The first-order valence-electron chi connectivity index (χ1n) is 12.8. The summed E-state index contributed by atoms with van der Waals surface area (Å²) in [7, 11) is 0. The average molecular weight is 465 g/mol. The van der Waals surface area contributed by atoms with Gasteiger partial charge in [-0.2, -0.15) is 9.13 Å². The van der Waals surface area contributed by atoms with Crippen LogP contribution in [0.4, 0.5) is 0 Å². The Morgan fingerprint density at radius 1 is 0.611 bits per heavy atom. The van der Waals surface area contributed by atoms with Crippen LogP contribution in [0.2, 0.25) is 0 Å². The van der Waals surface area contributed by atoms with Gasteiger partial charge in [0.1, 0.15) is 0 Å². The van der Waals surface area contributed by atoms with Gasteiger partial charge in [-0.1, -0.05) is 66.7 Å². The van der Waals surface area contributed by atoms with Crippen LogP contribution in [0.5, 0.6) is 0 Å². The normalized spacial score (nSPS) is 17.7. The first-order chi connectivity index (χ1) is 17.9. The Kier molecular flexibility index (Phi) is 5.10. The van der Waals surface area contributed by atoms with Gasteiger partial charge >= 0.3 is 0 Å². The average Bonchev–Trinajstić information content (AvgIpc) is 2.95. The Morgan fingerprint density at radius 3 is 2.31 bits per heavy atom. The third-order valence-electron chi connectivity index (χ3n) is 7.81. The summed E-state index contributed by atoms with van der Waals surface area (Å²) >= 11 is 0. The minimum atomic E-state index is 0.358. The second-order valence-electron chi connectivity index (χ2n) is 9.81. The lowest BCUT2D eigenvalue weighted by atomic mass is 9.78. The molecule has 0 saturated carbocycles. The molecule has 7 rings (SSSR count). The molecule has 0 saturated heterocycles. The second kappa shape index (κ2) is 8.73. The van der Waals surface area contributed by atoms with Crippen LogP contribution in [0, 0.1) is 0 Å². The molecule has 2 nitrogen and oxygen atoms in total. The van der Waals surface area contributed by atoms with Crippen LogP contribution in [-0.2, 0) is 6.42 Å². The van der Waals surface area contributed by atoms with Gasteiger partial charge in [-0.3, -0.25) is 0 Å². The van der Waals surface area contributed by atoms with Crippen molar-refractivity contribution in [3.8, 4) is 33.6 Å². The summed E-state index contributed by atoms with van der Waals surface area (Å²) in [6, 6.07) is 40.1. The van der Waals surface area contributed by atoms with Gasteiger partial charge in [-0.25, -0.2) is 0 Å². The first-order valence-corrected chi connectivity index (χ1v) is 12.8. The van der Waals surface area contributed by atoms with Gasteiger partial charge in [-0.15, -0.1) is 0 Å². The topological polar surface area (TPSA) is 7.76 Å². The van der Waals surface area contributed by atoms with E-state index in [0.29, 0.717) is 12.0 Å². The van der Waals surface area contributed by atoms with E-state index in [4.69, 9.17) is 0 Å². The van der Waals surface area contributed by atoms with Crippen LogP contribution in [0.15, 0.2) is 128 Å². The van der Waals surface area contributed by atoms with Crippen LogP contribution in [0.1, 0.15) is 29.5 Å². The summed E-state index contributed by atoms with van der Waals surface area (Å²) in [6.07, 6.45) is 11.2. The Labute approximate surface area is 212 Å². The smallest absolute Gasteiger partial charge is 0.195 e. The van der Waals surface area contributed by atoms with Crippen molar-refractivity contribution in [3.63, 3.8) is 0 Å². The molecule has 2 aliphatic heterocycles. The van der Waals surface area contributed by atoms with Crippen LogP contribution in [0.3, 0.4) is 0 Å². The summed E-state index contributed by atoms with van der Waals surface area (Å²) in [5, 5.41) is 0. The largest absolute Gasteiger partial charge is 0.218 e. The molecular formula is C34H28N2+2. The SMILES string of the molecule is C1=C[n+]2cc(-c3ccccc3)ccc2-c2ccccc2CC2C(C1)c1ccccc1-c1cccc[n+]12. The molecular weight excluding hydrogens is 436 g/mol. The molecule has 2 aromatic heterocycles. The molecule has 0 radical (unpaired) electrons. The number of nitrogens with zero attached hydrogens (tertiary/aromatic N) is 2. The molecule has 0 spiro atoms. The third kappa shape index (κ3) is 3.49. The van der Waals surface area contributed by atoms with Crippen molar-refractivity contribution < 1.29 is 9.13 Å². The highest BCUT2D eigenvalue weighted by atomic mass is 15.0. The summed E-state index contributed by atoms with van der Waals surface area (Å²) in [5.74, 6) is 0.407. The maximum atomic E-state index is 2.52. The van der Waals surface area contributed by atoms with Gasteiger partial charge in [0.2, 0.25) is 11.4 Å². The lowest BCUT2D eigenvalue weighted by Crippen LogP contribution is -2.48. The maximum Gasteiger partial charge on any atom is 0.218 e. The van der Waals surface area contributed by atoms with E-state index in [9.17, 15) is 0 Å². The van der Waals surface area contributed by atoms with Gasteiger partial charge in [0.05, 0.1) is 11.5 Å². The highest BCUT2D eigenvalue weighted by Crippen LogP contribution is 2.42. The zero-order valence-corrected chi connectivity index (χ0v) is 20.2. The van der Waals surface area contributed by atoms with Crippen molar-refractivity contribution in [3.05, 3.63) is 139 Å². The molecule has 2 atom stereocenters. The summed E-state index contributed by atoms with van der Waals surface area (Å²) in [4.78, 5) is 0. The van der Waals surface area contributed by atoms with Gasteiger partial charge < -0.3 is 0 Å². The van der Waals surface area contributed by atoms with E-state index >= 15 is 0 Å². The molecule has 2 heteroatoms. The highest BCUT2D eigenvalue weighted by Gasteiger charge is 2.40. The third-order valence-corrected chi connectivity index (χ3v) is 7.81. The monoisotopic (exact) mass is 464 g/mol. The minimum absolute atomic E-state index is 0.358. The van der Waals surface area contributed by atoms with Crippen molar-refractivity contribution in [1.29, 1.82) is 0 Å². The molecule has 0 amide bonds. The molecule has 5 aromatic rings. The molecule has 172 valence electrons. The fraction of sp³-hybridized carbons (Fsp3) is 0.118. The number of hydrogen-bond donors (Lipinski definition) is 0. The number of hydrogen-bond acceptors (Lipinski definition) is 0. The van der Waals surface area contributed by atoms with Crippen LogP contribution in [0.25, 0.3) is 39.8 Å². The van der Waals surface area contributed by atoms with Gasteiger partial charge in [0.25, 0.3) is 0 Å². The lowest BCUT2D eigenvalue weighted by molar-refractivity contribution is -0.718. The van der Waals surface area contributed by atoms with Crippen LogP contribution in [-0.4, -0.2) is 0 Å². The molecule has 2 unspecified atom stereocenters. The van der Waals surface area contributed by atoms with E-state index in [1.54, 1.807) is 0 Å². The van der Waals surface area contributed by atoms with Crippen molar-refractivity contribution in [2.45, 2.75) is 24.8 Å². The Bertz CT molecular complexity index is 1600. The predicted octanol–water partition coefficient (Wildman–Crippen LogP) is 7.02. The van der Waals surface area contributed by atoms with Crippen molar-refractivity contribution >= 4 is 6.20 Å². The van der Waals surface area contributed by atoms with E-state index < -0.39 is 0 Å². The number of pyridine rings is 2. The Balaban J connectivity index is 1.42. The molecule has 0 fully saturated rings. The predicted molar refractivity (Wildman–Crippen MR) is 145 cm³/mol. The maximum absolute atomic E-state index is 2.52. The first kappa shape index (κ1) is 21.0. The van der Waals surface area contributed by atoms with Gasteiger partial charge in [0, 0.05) is 35.7 Å².